The topological polar surface area (TPSA) is 49.4 Å². The molecule has 130 valence electrons. The zero-order chi connectivity index (χ0) is 17.1. The van der Waals surface area contributed by atoms with Crippen LogP contribution in [0.4, 0.5) is 18.9 Å². The average Bonchev–Trinajstić information content (AvgIpc) is 2.44. The van der Waals surface area contributed by atoms with Gasteiger partial charge in [-0.1, -0.05) is 0 Å². The van der Waals surface area contributed by atoms with E-state index in [4.69, 9.17) is 0 Å². The third kappa shape index (κ3) is 6.02. The first kappa shape index (κ1) is 18.1. The van der Waals surface area contributed by atoms with Crippen molar-refractivity contribution in [2.24, 2.45) is 5.92 Å². The molecule has 1 fully saturated rings. The van der Waals surface area contributed by atoms with E-state index in [2.05, 4.69) is 5.32 Å². The van der Waals surface area contributed by atoms with Gasteiger partial charge in [0.15, 0.2) is 9.84 Å². The molecule has 0 bridgehead atoms. The summed E-state index contributed by atoms with van der Waals surface area (Å²) in [5.74, 6) is 0.328. The molecular weight excluding hydrogens is 329 g/mol. The Labute approximate surface area is 134 Å². The van der Waals surface area contributed by atoms with Gasteiger partial charge in [0.05, 0.1) is 11.4 Å². The summed E-state index contributed by atoms with van der Waals surface area (Å²) in [7, 11) is -3.20. The van der Waals surface area contributed by atoms with Gasteiger partial charge in [0.25, 0.3) is 0 Å². The van der Waals surface area contributed by atoms with Gasteiger partial charge in [-0.3, -0.25) is 4.90 Å². The van der Waals surface area contributed by atoms with E-state index in [1.807, 2.05) is 0 Å². The largest absolute Gasteiger partial charge is 0.401 e. The Balaban J connectivity index is 1.77. The molecule has 4 nitrogen and oxygen atoms in total. The molecule has 1 aliphatic rings. The Morgan fingerprint density at radius 1 is 1.17 bits per heavy atom. The van der Waals surface area contributed by atoms with Gasteiger partial charge in [-0.2, -0.15) is 13.2 Å². The van der Waals surface area contributed by atoms with E-state index in [-0.39, 0.29) is 4.90 Å². The number of piperidine rings is 1. The highest BCUT2D eigenvalue weighted by Gasteiger charge is 2.32. The van der Waals surface area contributed by atoms with Gasteiger partial charge in [-0.25, -0.2) is 8.42 Å². The summed E-state index contributed by atoms with van der Waals surface area (Å²) in [5, 5.41) is 3.22. The second-order valence-corrected chi connectivity index (χ2v) is 8.03. The van der Waals surface area contributed by atoms with Crippen molar-refractivity contribution < 1.29 is 21.6 Å². The fourth-order valence-corrected chi connectivity index (χ4v) is 3.31. The molecule has 0 atom stereocenters. The molecule has 1 aliphatic heterocycles. The summed E-state index contributed by atoms with van der Waals surface area (Å²) in [5.41, 5.74) is 0.815. The van der Waals surface area contributed by atoms with Crippen LogP contribution in [0.3, 0.4) is 0 Å². The first-order valence-electron chi connectivity index (χ1n) is 7.46. The second kappa shape index (κ2) is 7.09. The van der Waals surface area contributed by atoms with Gasteiger partial charge in [0.1, 0.15) is 0 Å². The van der Waals surface area contributed by atoms with Crippen LogP contribution in [0.2, 0.25) is 0 Å². The van der Waals surface area contributed by atoms with Crippen LogP contribution in [-0.4, -0.2) is 51.9 Å². The van der Waals surface area contributed by atoms with E-state index in [9.17, 15) is 21.6 Å². The summed E-state index contributed by atoms with van der Waals surface area (Å²) in [6.07, 6.45) is -1.52. The highest BCUT2D eigenvalue weighted by Crippen LogP contribution is 2.23. The van der Waals surface area contributed by atoms with Gasteiger partial charge < -0.3 is 5.32 Å². The average molecular weight is 350 g/mol. The third-order valence-corrected chi connectivity index (χ3v) is 5.12. The fourth-order valence-electron chi connectivity index (χ4n) is 2.68. The SMILES string of the molecule is CS(=O)(=O)c1ccc(NCC2CCN(CC(F)(F)F)CC2)cc1. The maximum atomic E-state index is 12.3. The third-order valence-electron chi connectivity index (χ3n) is 3.99. The van der Waals surface area contributed by atoms with Crippen molar-refractivity contribution in [2.45, 2.75) is 23.9 Å². The maximum Gasteiger partial charge on any atom is 0.401 e. The van der Waals surface area contributed by atoms with Crippen LogP contribution >= 0.6 is 0 Å². The van der Waals surface area contributed by atoms with Gasteiger partial charge in [0, 0.05) is 18.5 Å². The van der Waals surface area contributed by atoms with E-state index in [1.54, 1.807) is 24.3 Å². The van der Waals surface area contributed by atoms with Gasteiger partial charge >= 0.3 is 6.18 Å². The van der Waals surface area contributed by atoms with Crippen molar-refractivity contribution in [1.29, 1.82) is 0 Å². The van der Waals surface area contributed by atoms with E-state index in [1.165, 1.54) is 4.90 Å². The van der Waals surface area contributed by atoms with Crippen LogP contribution in [0.15, 0.2) is 29.2 Å². The molecule has 1 aromatic rings. The number of sulfone groups is 1. The van der Waals surface area contributed by atoms with Gasteiger partial charge in [-0.05, 0) is 56.1 Å². The molecule has 1 saturated heterocycles. The molecule has 1 aromatic carbocycles. The van der Waals surface area contributed by atoms with Crippen LogP contribution in [0, 0.1) is 5.92 Å². The van der Waals surface area contributed by atoms with Gasteiger partial charge in [-0.15, -0.1) is 0 Å². The Morgan fingerprint density at radius 3 is 2.22 bits per heavy atom. The van der Waals surface area contributed by atoms with Crippen molar-refractivity contribution >= 4 is 15.5 Å². The minimum absolute atomic E-state index is 0.267. The molecule has 0 radical (unpaired) electrons. The number of hydrogen-bond donors (Lipinski definition) is 1. The lowest BCUT2D eigenvalue weighted by Gasteiger charge is -2.32. The fraction of sp³-hybridized carbons (Fsp3) is 0.600. The first-order valence-corrected chi connectivity index (χ1v) is 9.36. The molecule has 8 heteroatoms. The lowest BCUT2D eigenvalue weighted by molar-refractivity contribution is -0.148. The quantitative estimate of drug-likeness (QED) is 0.887. The molecule has 0 unspecified atom stereocenters. The molecular formula is C15H21F3N2O2S. The van der Waals surface area contributed by atoms with Crippen LogP contribution in [0.1, 0.15) is 12.8 Å². The summed E-state index contributed by atoms with van der Waals surface area (Å²) >= 11 is 0. The predicted octanol–water partition coefficient (Wildman–Crippen LogP) is 2.78. The zero-order valence-corrected chi connectivity index (χ0v) is 13.8. The summed E-state index contributed by atoms with van der Waals surface area (Å²) < 4.78 is 59.7. The predicted molar refractivity (Wildman–Crippen MR) is 83.3 cm³/mol. The zero-order valence-electron chi connectivity index (χ0n) is 12.9. The van der Waals surface area contributed by atoms with Crippen LogP contribution in [0.25, 0.3) is 0 Å². The standard InChI is InChI=1S/C15H21F3N2O2S/c1-23(21,22)14-4-2-13(3-5-14)19-10-12-6-8-20(9-7-12)11-15(16,17)18/h2-5,12,19H,6-11H2,1H3. The van der Waals surface area contributed by atoms with Crippen LogP contribution < -0.4 is 5.32 Å². The van der Waals surface area contributed by atoms with Crippen molar-refractivity contribution in [3.05, 3.63) is 24.3 Å². The summed E-state index contributed by atoms with van der Waals surface area (Å²) in [6, 6.07) is 6.50. The molecule has 1 N–H and O–H groups in total. The summed E-state index contributed by atoms with van der Waals surface area (Å²) in [6.45, 7) is 0.760. The number of nitrogens with zero attached hydrogens (tertiary/aromatic N) is 1. The summed E-state index contributed by atoms with van der Waals surface area (Å²) in [4.78, 5) is 1.71. The second-order valence-electron chi connectivity index (χ2n) is 6.01. The van der Waals surface area contributed by atoms with Crippen LogP contribution in [-0.2, 0) is 9.84 Å². The lowest BCUT2D eigenvalue weighted by Crippen LogP contribution is -2.41. The van der Waals surface area contributed by atoms with E-state index >= 15 is 0 Å². The van der Waals surface area contributed by atoms with Crippen LogP contribution in [0.5, 0.6) is 0 Å². The lowest BCUT2D eigenvalue weighted by atomic mass is 9.96. The number of nitrogens with one attached hydrogen (secondary N) is 1. The van der Waals surface area contributed by atoms with Crippen molar-refractivity contribution in [3.8, 4) is 0 Å². The molecule has 0 amide bonds. The number of rotatable bonds is 5. The number of anilines is 1. The number of benzene rings is 1. The van der Waals surface area contributed by atoms with E-state index in [0.29, 0.717) is 25.6 Å². The minimum atomic E-state index is -4.13. The van der Waals surface area contributed by atoms with E-state index in [0.717, 1.165) is 24.8 Å². The molecule has 0 saturated carbocycles. The normalized spacial score (nSPS) is 18.1. The first-order chi connectivity index (χ1) is 10.6. The monoisotopic (exact) mass is 350 g/mol. The van der Waals surface area contributed by atoms with Crippen molar-refractivity contribution in [3.63, 3.8) is 0 Å². The number of likely N-dealkylation sites (tertiary alicyclic amines) is 1. The number of hydrogen-bond acceptors (Lipinski definition) is 4. The Morgan fingerprint density at radius 2 is 1.74 bits per heavy atom. The minimum Gasteiger partial charge on any atom is -0.385 e. The Hall–Kier alpha value is -1.28. The van der Waals surface area contributed by atoms with Gasteiger partial charge in [0.2, 0.25) is 0 Å². The maximum absolute atomic E-state index is 12.3. The molecule has 1 heterocycles. The molecule has 0 aliphatic carbocycles. The van der Waals surface area contributed by atoms with E-state index < -0.39 is 22.6 Å². The smallest absolute Gasteiger partial charge is 0.385 e. The Kier molecular flexibility index (Phi) is 5.57. The molecule has 0 spiro atoms. The van der Waals surface area contributed by atoms with Crippen molar-refractivity contribution in [2.75, 3.05) is 37.8 Å². The number of halogens is 3. The highest BCUT2D eigenvalue weighted by molar-refractivity contribution is 7.90. The molecule has 2 rings (SSSR count). The number of alkyl halides is 3. The Bertz CT molecular complexity index is 607. The molecule has 0 aromatic heterocycles. The van der Waals surface area contributed by atoms with Crippen molar-refractivity contribution in [1.82, 2.24) is 4.90 Å². The molecule has 23 heavy (non-hydrogen) atoms. The highest BCUT2D eigenvalue weighted by atomic mass is 32.2.